The molecule has 3 aromatic carbocycles. The third-order valence-corrected chi connectivity index (χ3v) is 6.24. The summed E-state index contributed by atoms with van der Waals surface area (Å²) in [6.07, 6.45) is 0.111. The maximum Gasteiger partial charge on any atom is 0.232 e. The third-order valence-electron chi connectivity index (χ3n) is 5.99. The highest BCUT2D eigenvalue weighted by Gasteiger charge is 2.46. The monoisotopic (exact) mass is 464 g/mol. The second-order valence-electron chi connectivity index (χ2n) is 7.86. The molecule has 0 bridgehead atoms. The van der Waals surface area contributed by atoms with E-state index in [-0.39, 0.29) is 18.2 Å². The largest absolute Gasteiger partial charge is 0.497 e. The van der Waals surface area contributed by atoms with Crippen LogP contribution in [0.5, 0.6) is 11.5 Å². The topological polar surface area (TPSA) is 59.1 Å². The first kappa shape index (κ1) is 22.7. The molecule has 0 N–H and O–H groups in total. The number of hydrogen-bond donors (Lipinski definition) is 0. The SMILES string of the molecule is COc1ccc([C@H]2[C@@H](C(=O)N(C)c3ccc(Cl)cc3)CC(=O)N2c2ccc(OC)cc2)cc1. The van der Waals surface area contributed by atoms with Crippen molar-refractivity contribution >= 4 is 34.8 Å². The maximum absolute atomic E-state index is 13.6. The van der Waals surface area contributed by atoms with Crippen LogP contribution < -0.4 is 19.3 Å². The first-order chi connectivity index (χ1) is 15.9. The van der Waals surface area contributed by atoms with Crippen LogP contribution in [0.2, 0.25) is 5.02 Å². The van der Waals surface area contributed by atoms with Gasteiger partial charge in [0.05, 0.1) is 26.2 Å². The van der Waals surface area contributed by atoms with E-state index < -0.39 is 12.0 Å². The van der Waals surface area contributed by atoms with E-state index >= 15 is 0 Å². The van der Waals surface area contributed by atoms with Crippen LogP contribution in [0.15, 0.2) is 72.8 Å². The smallest absolute Gasteiger partial charge is 0.232 e. The van der Waals surface area contributed by atoms with Crippen LogP contribution in [0.1, 0.15) is 18.0 Å². The zero-order valence-electron chi connectivity index (χ0n) is 18.7. The van der Waals surface area contributed by atoms with E-state index in [1.54, 1.807) is 55.3 Å². The highest BCUT2D eigenvalue weighted by molar-refractivity contribution is 6.30. The second-order valence-corrected chi connectivity index (χ2v) is 8.30. The molecule has 1 heterocycles. The van der Waals surface area contributed by atoms with Crippen LogP contribution in [0.25, 0.3) is 0 Å². The van der Waals surface area contributed by atoms with E-state index in [2.05, 4.69) is 0 Å². The Morgan fingerprint density at radius 1 is 0.909 bits per heavy atom. The van der Waals surface area contributed by atoms with Gasteiger partial charge in [0.25, 0.3) is 0 Å². The van der Waals surface area contributed by atoms with Crippen LogP contribution in [0.3, 0.4) is 0 Å². The number of anilines is 2. The van der Waals surface area contributed by atoms with Crippen molar-refractivity contribution in [3.05, 3.63) is 83.4 Å². The van der Waals surface area contributed by atoms with Crippen molar-refractivity contribution in [1.29, 1.82) is 0 Å². The molecule has 0 radical (unpaired) electrons. The molecule has 1 saturated heterocycles. The minimum atomic E-state index is -0.561. The van der Waals surface area contributed by atoms with Crippen LogP contribution in [-0.2, 0) is 9.59 Å². The lowest BCUT2D eigenvalue weighted by molar-refractivity contribution is -0.124. The van der Waals surface area contributed by atoms with E-state index in [1.165, 1.54) is 0 Å². The Morgan fingerprint density at radius 3 is 2.00 bits per heavy atom. The molecule has 0 aliphatic carbocycles. The second kappa shape index (κ2) is 9.55. The number of benzene rings is 3. The standard InChI is InChI=1S/C26H25ClN2O4/c1-28(19-8-6-18(27)7-9-19)26(31)23-16-24(30)29(20-10-14-22(33-3)15-11-20)25(23)17-4-12-21(32-2)13-5-17/h4-15,23,25H,16H2,1-3H3/t23-,25-/m0/s1. The van der Waals surface area contributed by atoms with Crippen molar-refractivity contribution in [2.24, 2.45) is 5.92 Å². The highest BCUT2D eigenvalue weighted by Crippen LogP contribution is 2.43. The van der Waals surface area contributed by atoms with Gasteiger partial charge in [0.2, 0.25) is 11.8 Å². The number of nitrogens with zero attached hydrogens (tertiary/aromatic N) is 2. The number of hydrogen-bond acceptors (Lipinski definition) is 4. The Morgan fingerprint density at radius 2 is 1.45 bits per heavy atom. The fraction of sp³-hybridized carbons (Fsp3) is 0.231. The zero-order valence-corrected chi connectivity index (χ0v) is 19.5. The molecule has 1 fully saturated rings. The molecule has 170 valence electrons. The summed E-state index contributed by atoms with van der Waals surface area (Å²) in [7, 11) is 4.92. The zero-order chi connectivity index (χ0) is 23.5. The molecule has 4 rings (SSSR count). The summed E-state index contributed by atoms with van der Waals surface area (Å²) < 4.78 is 10.5. The van der Waals surface area contributed by atoms with Crippen LogP contribution in [0, 0.1) is 5.92 Å². The van der Waals surface area contributed by atoms with Gasteiger partial charge in [-0.05, 0) is 66.2 Å². The Bertz CT molecular complexity index is 1130. The molecule has 7 heteroatoms. The summed E-state index contributed by atoms with van der Waals surface area (Å²) in [4.78, 5) is 30.2. The number of halogens is 1. The van der Waals surface area contributed by atoms with Gasteiger partial charge in [-0.3, -0.25) is 9.59 Å². The number of rotatable bonds is 6. The predicted molar refractivity (Wildman–Crippen MR) is 129 cm³/mol. The van der Waals surface area contributed by atoms with Gasteiger partial charge in [-0.25, -0.2) is 0 Å². The van der Waals surface area contributed by atoms with E-state index in [1.807, 2.05) is 48.5 Å². The van der Waals surface area contributed by atoms with Crippen molar-refractivity contribution < 1.29 is 19.1 Å². The Hall–Kier alpha value is -3.51. The fourth-order valence-corrected chi connectivity index (χ4v) is 4.35. The molecular formula is C26H25ClN2O4. The molecule has 0 aromatic heterocycles. The summed E-state index contributed by atoms with van der Waals surface area (Å²) >= 11 is 6.00. The van der Waals surface area contributed by atoms with Gasteiger partial charge in [0, 0.05) is 29.9 Å². The van der Waals surface area contributed by atoms with E-state index in [0.717, 1.165) is 5.56 Å². The molecule has 2 amide bonds. The third kappa shape index (κ3) is 4.52. The lowest BCUT2D eigenvalue weighted by atomic mass is 9.92. The van der Waals surface area contributed by atoms with Crippen molar-refractivity contribution in [2.45, 2.75) is 12.5 Å². The maximum atomic E-state index is 13.6. The summed E-state index contributed by atoms with van der Waals surface area (Å²) in [5.41, 5.74) is 2.29. The first-order valence-corrected chi connectivity index (χ1v) is 10.9. The number of carbonyl (C=O) groups excluding carboxylic acids is 2. The summed E-state index contributed by atoms with van der Waals surface area (Å²) in [6.45, 7) is 0. The van der Waals surface area contributed by atoms with Gasteiger partial charge in [0.1, 0.15) is 11.5 Å². The molecule has 33 heavy (non-hydrogen) atoms. The van der Waals surface area contributed by atoms with Crippen LogP contribution >= 0.6 is 11.6 Å². The van der Waals surface area contributed by atoms with Crippen LogP contribution in [0.4, 0.5) is 11.4 Å². The molecule has 1 aliphatic heterocycles. The molecule has 1 aliphatic rings. The van der Waals surface area contributed by atoms with E-state index in [0.29, 0.717) is 27.9 Å². The van der Waals surface area contributed by atoms with Crippen molar-refractivity contribution in [1.82, 2.24) is 0 Å². The summed E-state index contributed by atoms with van der Waals surface area (Å²) in [6, 6.07) is 21.4. The number of ether oxygens (including phenoxy) is 2. The quantitative estimate of drug-likeness (QED) is 0.508. The van der Waals surface area contributed by atoms with Crippen molar-refractivity contribution in [3.63, 3.8) is 0 Å². The van der Waals surface area contributed by atoms with E-state index in [9.17, 15) is 9.59 Å². The van der Waals surface area contributed by atoms with Gasteiger partial charge >= 0.3 is 0 Å². The van der Waals surface area contributed by atoms with Gasteiger partial charge in [-0.15, -0.1) is 0 Å². The molecular weight excluding hydrogens is 440 g/mol. The Labute approximate surface area is 198 Å². The Balaban J connectivity index is 1.73. The van der Waals surface area contributed by atoms with Gasteiger partial charge in [-0.1, -0.05) is 23.7 Å². The average Bonchev–Trinajstić information content (AvgIpc) is 3.20. The normalized spacial score (nSPS) is 17.7. The summed E-state index contributed by atoms with van der Waals surface area (Å²) in [5, 5.41) is 0.595. The lowest BCUT2D eigenvalue weighted by Gasteiger charge is -2.30. The number of carbonyl (C=O) groups is 2. The number of amides is 2. The molecule has 6 nitrogen and oxygen atoms in total. The average molecular weight is 465 g/mol. The molecule has 0 saturated carbocycles. The van der Waals surface area contributed by atoms with E-state index in [4.69, 9.17) is 21.1 Å². The predicted octanol–water partition coefficient (Wildman–Crippen LogP) is 5.11. The highest BCUT2D eigenvalue weighted by atomic mass is 35.5. The lowest BCUT2D eigenvalue weighted by Crippen LogP contribution is -2.37. The fourth-order valence-electron chi connectivity index (χ4n) is 4.23. The minimum absolute atomic E-state index is 0.108. The van der Waals surface area contributed by atoms with Crippen molar-refractivity contribution in [2.75, 3.05) is 31.1 Å². The van der Waals surface area contributed by atoms with Gasteiger partial charge < -0.3 is 19.3 Å². The summed E-state index contributed by atoms with van der Waals surface area (Å²) in [5.74, 6) is 0.599. The van der Waals surface area contributed by atoms with Gasteiger partial charge in [0.15, 0.2) is 0 Å². The molecule has 3 aromatic rings. The molecule has 0 spiro atoms. The first-order valence-electron chi connectivity index (χ1n) is 10.6. The van der Waals surface area contributed by atoms with Crippen LogP contribution in [-0.4, -0.2) is 33.1 Å². The molecule has 2 atom stereocenters. The van der Waals surface area contributed by atoms with Gasteiger partial charge in [-0.2, -0.15) is 0 Å². The minimum Gasteiger partial charge on any atom is -0.497 e. The van der Waals surface area contributed by atoms with Crippen molar-refractivity contribution in [3.8, 4) is 11.5 Å². The molecule has 0 unspecified atom stereocenters. The number of methoxy groups -OCH3 is 2. The Kier molecular flexibility index (Phi) is 6.56.